The highest BCUT2D eigenvalue weighted by molar-refractivity contribution is 6.01. The van der Waals surface area contributed by atoms with Crippen LogP contribution in [0.1, 0.15) is 46.0 Å². The van der Waals surface area contributed by atoms with Gasteiger partial charge in [-0.25, -0.2) is 0 Å². The molecule has 0 aromatic heterocycles. The molecule has 2 spiro atoms. The molecule has 3 saturated carbocycles. The number of carbonyl (C=O) groups excluding carboxylic acids is 2. The second kappa shape index (κ2) is 5.67. The van der Waals surface area contributed by atoms with Crippen LogP contribution < -0.4 is 0 Å². The van der Waals surface area contributed by atoms with Crippen LogP contribution in [0.15, 0.2) is 23.8 Å². The van der Waals surface area contributed by atoms with Crippen molar-refractivity contribution >= 4 is 11.6 Å². The molecule has 0 amide bonds. The molecular formula is C23H28O6. The van der Waals surface area contributed by atoms with E-state index in [9.17, 15) is 9.59 Å². The topological polar surface area (TPSA) is 71.1 Å². The maximum Gasteiger partial charge on any atom is 0.226 e. The van der Waals surface area contributed by atoms with Crippen LogP contribution in [0.25, 0.3) is 0 Å². The molecular weight excluding hydrogens is 372 g/mol. The van der Waals surface area contributed by atoms with Gasteiger partial charge in [-0.05, 0) is 49.7 Å². The second-order valence-corrected chi connectivity index (χ2v) is 10.2. The molecule has 2 saturated heterocycles. The smallest absolute Gasteiger partial charge is 0.226 e. The van der Waals surface area contributed by atoms with Gasteiger partial charge in [0.05, 0.1) is 0 Å². The maximum atomic E-state index is 13.7. The summed E-state index contributed by atoms with van der Waals surface area (Å²) in [5, 5.41) is 0. The summed E-state index contributed by atoms with van der Waals surface area (Å²) in [7, 11) is 0. The Morgan fingerprint density at radius 1 is 1.07 bits per heavy atom. The van der Waals surface area contributed by atoms with Crippen LogP contribution in [0.3, 0.4) is 0 Å². The van der Waals surface area contributed by atoms with Gasteiger partial charge in [0.2, 0.25) is 5.79 Å². The van der Waals surface area contributed by atoms with Crippen molar-refractivity contribution in [2.75, 3.05) is 20.2 Å². The van der Waals surface area contributed by atoms with Crippen LogP contribution in [-0.4, -0.2) is 43.1 Å². The summed E-state index contributed by atoms with van der Waals surface area (Å²) >= 11 is 0. The molecule has 2 aliphatic heterocycles. The lowest BCUT2D eigenvalue weighted by Gasteiger charge is -2.58. The molecule has 0 N–H and O–H groups in total. The van der Waals surface area contributed by atoms with Gasteiger partial charge in [0, 0.05) is 23.2 Å². The fourth-order valence-electron chi connectivity index (χ4n) is 8.00. The maximum absolute atomic E-state index is 13.7. The molecule has 0 aromatic carbocycles. The predicted octanol–water partition coefficient (Wildman–Crippen LogP) is 2.92. The Balaban J connectivity index is 1.42. The summed E-state index contributed by atoms with van der Waals surface area (Å²) < 4.78 is 23.9. The van der Waals surface area contributed by atoms with Crippen molar-refractivity contribution < 1.29 is 28.5 Å². The predicted molar refractivity (Wildman–Crippen MR) is 101 cm³/mol. The van der Waals surface area contributed by atoms with Gasteiger partial charge in [0.25, 0.3) is 0 Å². The van der Waals surface area contributed by atoms with Crippen molar-refractivity contribution in [3.8, 4) is 0 Å². The monoisotopic (exact) mass is 400 g/mol. The van der Waals surface area contributed by atoms with Gasteiger partial charge in [0.15, 0.2) is 19.4 Å². The first-order valence-corrected chi connectivity index (χ1v) is 10.8. The average molecular weight is 400 g/mol. The van der Waals surface area contributed by atoms with Crippen LogP contribution >= 0.6 is 0 Å². The zero-order valence-corrected chi connectivity index (χ0v) is 17.1. The fourth-order valence-corrected chi connectivity index (χ4v) is 8.00. The third-order valence-corrected chi connectivity index (χ3v) is 9.26. The van der Waals surface area contributed by atoms with Gasteiger partial charge in [-0.1, -0.05) is 25.5 Å². The van der Waals surface area contributed by atoms with E-state index in [0.29, 0.717) is 18.9 Å². The Morgan fingerprint density at radius 3 is 2.69 bits per heavy atom. The number of fused-ring (bicyclic) bond motifs is 7. The molecule has 6 rings (SSSR count). The summed E-state index contributed by atoms with van der Waals surface area (Å²) in [6.45, 7) is 5.10. The first-order chi connectivity index (χ1) is 13.9. The summed E-state index contributed by atoms with van der Waals surface area (Å²) in [5.74, 6) is -0.00208. The molecule has 0 bridgehead atoms. The second-order valence-electron chi connectivity index (χ2n) is 10.2. The molecule has 5 fully saturated rings. The van der Waals surface area contributed by atoms with E-state index in [1.54, 1.807) is 12.2 Å². The molecule has 4 aliphatic carbocycles. The molecule has 0 radical (unpaired) electrons. The van der Waals surface area contributed by atoms with E-state index in [1.807, 2.05) is 6.08 Å². The number of hydrogen-bond donors (Lipinski definition) is 0. The largest absolute Gasteiger partial charge is 0.350 e. The minimum Gasteiger partial charge on any atom is -0.350 e. The summed E-state index contributed by atoms with van der Waals surface area (Å²) in [5.41, 5.74) is -0.207. The van der Waals surface area contributed by atoms with E-state index in [0.717, 1.165) is 31.3 Å². The molecule has 156 valence electrons. The molecule has 6 aliphatic rings. The van der Waals surface area contributed by atoms with Gasteiger partial charge < -0.3 is 18.9 Å². The van der Waals surface area contributed by atoms with Crippen LogP contribution in [0, 0.1) is 28.6 Å². The number of ether oxygens (including phenoxy) is 4. The highest BCUT2D eigenvalue weighted by Crippen LogP contribution is 2.70. The lowest BCUT2D eigenvalue weighted by molar-refractivity contribution is -0.245. The number of carbonyl (C=O) groups is 2. The van der Waals surface area contributed by atoms with Gasteiger partial charge in [-0.2, -0.15) is 0 Å². The molecule has 6 heteroatoms. The Bertz CT molecular complexity index is 848. The zero-order chi connectivity index (χ0) is 20.1. The third kappa shape index (κ3) is 2.02. The Kier molecular flexibility index (Phi) is 3.60. The fraction of sp³-hybridized carbons (Fsp3) is 0.739. The van der Waals surface area contributed by atoms with Crippen molar-refractivity contribution in [3.63, 3.8) is 0 Å². The Labute approximate surface area is 170 Å². The molecule has 6 nitrogen and oxygen atoms in total. The Hall–Kier alpha value is -1.34. The highest BCUT2D eigenvalue weighted by Gasteiger charge is 2.76. The van der Waals surface area contributed by atoms with E-state index in [2.05, 4.69) is 13.8 Å². The number of hydrogen-bond acceptors (Lipinski definition) is 6. The van der Waals surface area contributed by atoms with Crippen LogP contribution in [-0.2, 0) is 28.5 Å². The van der Waals surface area contributed by atoms with Crippen molar-refractivity contribution in [2.24, 2.45) is 28.6 Å². The van der Waals surface area contributed by atoms with Crippen molar-refractivity contribution in [1.29, 1.82) is 0 Å². The standard InChI is InChI=1S/C23H28O6/c1-20-7-5-15(24)9-14(20)3-4-16-17-6-8-22(21(17,2)10-18(25)19(16)20)23(29-13-27-22)11-26-12-28-23/h5,7,9,16-17,19H,3-4,6,8,10-13H2,1-2H3/t16-,17-,19+,20-,21-,22-,23-/m0/s1. The van der Waals surface area contributed by atoms with Crippen LogP contribution in [0.2, 0.25) is 0 Å². The molecule has 0 unspecified atom stereocenters. The van der Waals surface area contributed by atoms with Crippen molar-refractivity contribution in [1.82, 2.24) is 0 Å². The normalized spacial score (nSPS) is 53.3. The van der Waals surface area contributed by atoms with Crippen LogP contribution in [0.5, 0.6) is 0 Å². The van der Waals surface area contributed by atoms with Gasteiger partial charge in [-0.3, -0.25) is 9.59 Å². The summed E-state index contributed by atoms with van der Waals surface area (Å²) in [6.07, 6.45) is 9.51. The number of allylic oxidation sites excluding steroid dienone is 4. The molecule has 7 atom stereocenters. The third-order valence-electron chi connectivity index (χ3n) is 9.26. The quantitative estimate of drug-likeness (QED) is 0.623. The van der Waals surface area contributed by atoms with E-state index < -0.39 is 11.4 Å². The lowest BCUT2D eigenvalue weighted by atomic mass is 9.46. The first kappa shape index (κ1) is 18.4. The highest BCUT2D eigenvalue weighted by atomic mass is 16.9. The Morgan fingerprint density at radius 2 is 1.90 bits per heavy atom. The zero-order valence-electron chi connectivity index (χ0n) is 17.1. The first-order valence-electron chi connectivity index (χ1n) is 10.8. The number of Topliss-reactive ketones (excluding diaryl/α,β-unsaturated/α-hetero) is 1. The number of ketones is 2. The SMILES string of the molecule is C[C@]12C=CC(=O)C=C1CC[C@@H]1[C@@H]2C(=O)C[C@@]2(C)[C@H]1CC[C@]21OCO[C@@]12COCO2. The van der Waals surface area contributed by atoms with E-state index in [1.165, 1.54) is 0 Å². The van der Waals surface area contributed by atoms with Gasteiger partial charge in [-0.15, -0.1) is 0 Å². The van der Waals surface area contributed by atoms with E-state index >= 15 is 0 Å². The van der Waals surface area contributed by atoms with Crippen LogP contribution in [0.4, 0.5) is 0 Å². The van der Waals surface area contributed by atoms with Crippen molar-refractivity contribution in [3.05, 3.63) is 23.8 Å². The molecule has 29 heavy (non-hydrogen) atoms. The molecule has 0 aromatic rings. The average Bonchev–Trinajstić information content (AvgIpc) is 3.37. The summed E-state index contributed by atoms with van der Waals surface area (Å²) in [6, 6.07) is 0. The van der Waals surface area contributed by atoms with Crippen molar-refractivity contribution in [2.45, 2.75) is 57.3 Å². The van der Waals surface area contributed by atoms with E-state index in [-0.39, 0.29) is 47.8 Å². The van der Waals surface area contributed by atoms with Gasteiger partial charge >= 0.3 is 0 Å². The number of rotatable bonds is 0. The van der Waals surface area contributed by atoms with Gasteiger partial charge in [0.1, 0.15) is 18.0 Å². The summed E-state index contributed by atoms with van der Waals surface area (Å²) in [4.78, 5) is 25.7. The minimum absolute atomic E-state index is 0.0423. The minimum atomic E-state index is -0.898. The lowest BCUT2D eigenvalue weighted by Crippen LogP contribution is -2.65. The molecule has 2 heterocycles. The van der Waals surface area contributed by atoms with E-state index in [4.69, 9.17) is 18.9 Å².